The molecule has 0 aromatic carbocycles. The summed E-state index contributed by atoms with van der Waals surface area (Å²) in [7, 11) is -4.05. The highest BCUT2D eigenvalue weighted by molar-refractivity contribution is 7.85. The van der Waals surface area contributed by atoms with E-state index in [-0.39, 0.29) is 11.4 Å². The van der Waals surface area contributed by atoms with Gasteiger partial charge in [-0.25, -0.2) is 4.79 Å². The van der Waals surface area contributed by atoms with Crippen molar-refractivity contribution >= 4 is 27.6 Å². The minimum absolute atomic E-state index is 0.234. The topological polar surface area (TPSA) is 84.9 Å². The van der Waals surface area contributed by atoms with Crippen molar-refractivity contribution in [2.75, 3.05) is 39.4 Å². The van der Waals surface area contributed by atoms with Gasteiger partial charge in [0.1, 0.15) is 4.88 Å². The van der Waals surface area contributed by atoms with Crippen LogP contribution in [0.1, 0.15) is 16.1 Å². The number of rotatable bonds is 7. The molecule has 1 aromatic heterocycles. The molecule has 0 amide bonds. The molecule has 1 aromatic rings. The monoisotopic (exact) mass is 334 g/mol. The number of hydrogen-bond acceptors (Lipinski definition) is 7. The Balaban J connectivity index is 1.67. The van der Waals surface area contributed by atoms with Gasteiger partial charge in [-0.15, -0.1) is 11.3 Å². The lowest BCUT2D eigenvalue weighted by atomic mass is 10.3. The lowest BCUT2D eigenvalue weighted by molar-refractivity contribution is 0.0375. The van der Waals surface area contributed by atoms with Crippen LogP contribution in [0.15, 0.2) is 17.5 Å². The number of morpholine rings is 1. The van der Waals surface area contributed by atoms with Crippen LogP contribution in [0.2, 0.25) is 0 Å². The molecule has 1 aliphatic heterocycles. The summed E-state index contributed by atoms with van der Waals surface area (Å²) in [4.78, 5) is 14.0. The van der Waals surface area contributed by atoms with E-state index in [1.54, 1.807) is 11.4 Å². The summed E-state index contributed by atoms with van der Waals surface area (Å²) in [5.74, 6) is -0.856. The van der Waals surface area contributed by atoms with E-state index in [0.717, 1.165) is 31.0 Å². The standard InChI is InChI=1S/C12H18N2O5S2/c15-12(11-3-1-10-20-11)19-21(16,17)13-4-2-5-14-6-8-18-9-7-14/h1,3,10,13H,2,4-9H2. The first-order valence-corrected chi connectivity index (χ1v) is 8.93. The SMILES string of the molecule is O=C(OS(=O)(=O)NCCCN1CCOCC1)c1cccs1. The van der Waals surface area contributed by atoms with Crippen LogP contribution in [0, 0.1) is 0 Å². The van der Waals surface area contributed by atoms with Gasteiger partial charge in [0.2, 0.25) is 0 Å². The molecule has 2 heterocycles. The van der Waals surface area contributed by atoms with E-state index >= 15 is 0 Å². The summed E-state index contributed by atoms with van der Waals surface area (Å²) in [6.07, 6.45) is 0.649. The number of thiophene rings is 1. The zero-order valence-corrected chi connectivity index (χ0v) is 13.1. The molecule has 0 aliphatic carbocycles. The largest absolute Gasteiger partial charge is 0.385 e. The lowest BCUT2D eigenvalue weighted by Crippen LogP contribution is -2.38. The van der Waals surface area contributed by atoms with Gasteiger partial charge < -0.3 is 8.92 Å². The van der Waals surface area contributed by atoms with Gasteiger partial charge in [0.05, 0.1) is 13.2 Å². The molecule has 0 unspecified atom stereocenters. The van der Waals surface area contributed by atoms with Crippen LogP contribution in [0.4, 0.5) is 0 Å². The second-order valence-electron chi connectivity index (χ2n) is 4.50. The van der Waals surface area contributed by atoms with Crippen LogP contribution < -0.4 is 4.72 Å². The van der Waals surface area contributed by atoms with Crippen LogP contribution in [-0.2, 0) is 19.2 Å². The van der Waals surface area contributed by atoms with Gasteiger partial charge in [-0.3, -0.25) is 4.90 Å². The molecule has 0 saturated carbocycles. The Kier molecular flexibility index (Phi) is 6.12. The van der Waals surface area contributed by atoms with Crippen molar-refractivity contribution in [2.45, 2.75) is 6.42 Å². The minimum Gasteiger partial charge on any atom is -0.379 e. The summed E-state index contributed by atoms with van der Waals surface area (Å²) in [5, 5.41) is 1.68. The summed E-state index contributed by atoms with van der Waals surface area (Å²) in [6.45, 7) is 4.16. The molecule has 1 fully saturated rings. The molecule has 1 aliphatic rings. The molecule has 0 atom stereocenters. The number of carbonyl (C=O) groups is 1. The first-order chi connectivity index (χ1) is 10.1. The van der Waals surface area contributed by atoms with E-state index < -0.39 is 16.3 Å². The summed E-state index contributed by atoms with van der Waals surface area (Å²) >= 11 is 1.13. The van der Waals surface area contributed by atoms with E-state index in [1.165, 1.54) is 6.07 Å². The minimum atomic E-state index is -4.05. The highest BCUT2D eigenvalue weighted by Gasteiger charge is 2.19. The second kappa shape index (κ2) is 7.85. The fourth-order valence-electron chi connectivity index (χ4n) is 1.89. The molecular weight excluding hydrogens is 316 g/mol. The Bertz CT molecular complexity index is 538. The summed E-state index contributed by atoms with van der Waals surface area (Å²) < 4.78 is 35.2. The third-order valence-corrected chi connectivity index (χ3v) is 4.72. The normalized spacial score (nSPS) is 16.8. The zero-order valence-electron chi connectivity index (χ0n) is 11.5. The Hall–Kier alpha value is -1.00. The van der Waals surface area contributed by atoms with Crippen molar-refractivity contribution in [2.24, 2.45) is 0 Å². The molecule has 1 N–H and O–H groups in total. The Labute approximate surface area is 128 Å². The van der Waals surface area contributed by atoms with Crippen LogP contribution >= 0.6 is 11.3 Å². The zero-order chi connectivity index (χ0) is 15.1. The predicted molar refractivity (Wildman–Crippen MR) is 78.5 cm³/mol. The van der Waals surface area contributed by atoms with Crippen molar-refractivity contribution in [1.82, 2.24) is 9.62 Å². The third-order valence-electron chi connectivity index (χ3n) is 2.94. The fraction of sp³-hybridized carbons (Fsp3) is 0.583. The summed E-state index contributed by atoms with van der Waals surface area (Å²) in [6, 6.07) is 3.17. The van der Waals surface area contributed by atoms with Crippen molar-refractivity contribution in [3.63, 3.8) is 0 Å². The van der Waals surface area contributed by atoms with E-state index in [9.17, 15) is 13.2 Å². The van der Waals surface area contributed by atoms with E-state index in [2.05, 4.69) is 13.8 Å². The van der Waals surface area contributed by atoms with Gasteiger partial charge in [0.25, 0.3) is 0 Å². The van der Waals surface area contributed by atoms with Crippen molar-refractivity contribution in [3.05, 3.63) is 22.4 Å². The van der Waals surface area contributed by atoms with Crippen LogP contribution in [0.5, 0.6) is 0 Å². The van der Waals surface area contributed by atoms with Crippen LogP contribution in [0.3, 0.4) is 0 Å². The molecule has 0 bridgehead atoms. The second-order valence-corrected chi connectivity index (χ2v) is 6.82. The van der Waals surface area contributed by atoms with Crippen molar-refractivity contribution < 1.29 is 22.1 Å². The Morgan fingerprint density at radius 3 is 2.86 bits per heavy atom. The fourth-order valence-corrected chi connectivity index (χ4v) is 3.28. The first kappa shape index (κ1) is 16.4. The number of nitrogens with zero attached hydrogens (tertiary/aromatic N) is 1. The number of hydrogen-bond donors (Lipinski definition) is 1. The van der Waals surface area contributed by atoms with E-state index in [1.807, 2.05) is 0 Å². The maximum Gasteiger partial charge on any atom is 0.385 e. The number of nitrogens with one attached hydrogen (secondary N) is 1. The molecule has 0 radical (unpaired) electrons. The van der Waals surface area contributed by atoms with Gasteiger partial charge in [-0.1, -0.05) is 6.07 Å². The molecule has 2 rings (SSSR count). The molecule has 0 spiro atoms. The van der Waals surface area contributed by atoms with Crippen LogP contribution in [-0.4, -0.2) is 58.7 Å². The molecule has 118 valence electrons. The molecule has 21 heavy (non-hydrogen) atoms. The summed E-state index contributed by atoms with van der Waals surface area (Å²) in [5.41, 5.74) is 0. The maximum atomic E-state index is 11.6. The number of carbonyl (C=O) groups excluding carboxylic acids is 1. The van der Waals surface area contributed by atoms with Crippen molar-refractivity contribution in [1.29, 1.82) is 0 Å². The smallest absolute Gasteiger partial charge is 0.379 e. The van der Waals surface area contributed by atoms with Crippen LogP contribution in [0.25, 0.3) is 0 Å². The lowest BCUT2D eigenvalue weighted by Gasteiger charge is -2.26. The van der Waals surface area contributed by atoms with Gasteiger partial charge in [0, 0.05) is 19.6 Å². The number of ether oxygens (including phenoxy) is 1. The molecular formula is C12H18N2O5S2. The molecule has 9 heteroatoms. The Morgan fingerprint density at radius 2 is 2.19 bits per heavy atom. The third kappa shape index (κ3) is 5.71. The molecule has 1 saturated heterocycles. The highest BCUT2D eigenvalue weighted by Crippen LogP contribution is 2.11. The average molecular weight is 334 g/mol. The molecule has 7 nitrogen and oxygen atoms in total. The first-order valence-electron chi connectivity index (χ1n) is 6.64. The average Bonchev–Trinajstić information content (AvgIpc) is 2.99. The quantitative estimate of drug-likeness (QED) is 0.729. The Morgan fingerprint density at radius 1 is 1.43 bits per heavy atom. The van der Waals surface area contributed by atoms with Gasteiger partial charge in [-0.2, -0.15) is 13.1 Å². The van der Waals surface area contributed by atoms with E-state index in [4.69, 9.17) is 4.74 Å². The van der Waals surface area contributed by atoms with Crippen molar-refractivity contribution in [3.8, 4) is 0 Å². The predicted octanol–water partition coefficient (Wildman–Crippen LogP) is 0.462. The maximum absolute atomic E-state index is 11.6. The highest BCUT2D eigenvalue weighted by atomic mass is 32.2. The van der Waals surface area contributed by atoms with Gasteiger partial charge >= 0.3 is 16.3 Å². The van der Waals surface area contributed by atoms with Gasteiger partial charge in [-0.05, 0) is 24.4 Å². The van der Waals surface area contributed by atoms with Gasteiger partial charge in [0.15, 0.2) is 0 Å². The van der Waals surface area contributed by atoms with E-state index in [0.29, 0.717) is 19.6 Å².